The SMILES string of the molecule is CCCCCCCCCCOc1cc(B(O)O)c(OCCCCCCCCCC)cc1Br. The van der Waals surface area contributed by atoms with Crippen LogP contribution < -0.4 is 14.9 Å². The van der Waals surface area contributed by atoms with Gasteiger partial charge in [0.25, 0.3) is 0 Å². The van der Waals surface area contributed by atoms with E-state index in [9.17, 15) is 10.0 Å². The maximum atomic E-state index is 9.80. The largest absolute Gasteiger partial charge is 0.494 e. The molecule has 0 aliphatic heterocycles. The number of halogens is 1. The van der Waals surface area contributed by atoms with Gasteiger partial charge in [0, 0.05) is 5.46 Å². The fraction of sp³-hybridized carbons (Fsp3) is 0.769. The van der Waals surface area contributed by atoms with Crippen LogP contribution in [0.5, 0.6) is 11.5 Å². The summed E-state index contributed by atoms with van der Waals surface area (Å²) in [5, 5.41) is 19.6. The summed E-state index contributed by atoms with van der Waals surface area (Å²) < 4.78 is 12.6. The Morgan fingerprint density at radius 2 is 1.03 bits per heavy atom. The minimum absolute atomic E-state index is 0.360. The van der Waals surface area contributed by atoms with Crippen LogP contribution in [0.3, 0.4) is 0 Å². The van der Waals surface area contributed by atoms with Gasteiger partial charge >= 0.3 is 7.12 Å². The van der Waals surface area contributed by atoms with Crippen molar-refractivity contribution in [2.75, 3.05) is 13.2 Å². The lowest BCUT2D eigenvalue weighted by Crippen LogP contribution is -2.32. The van der Waals surface area contributed by atoms with Crippen LogP contribution in [-0.4, -0.2) is 30.4 Å². The highest BCUT2D eigenvalue weighted by molar-refractivity contribution is 9.10. The number of hydrogen-bond acceptors (Lipinski definition) is 4. The molecule has 0 unspecified atom stereocenters. The molecule has 0 aromatic heterocycles. The van der Waals surface area contributed by atoms with Crippen molar-refractivity contribution in [3.8, 4) is 11.5 Å². The van der Waals surface area contributed by atoms with Gasteiger partial charge in [-0.25, -0.2) is 0 Å². The zero-order valence-electron chi connectivity index (χ0n) is 20.5. The Labute approximate surface area is 205 Å². The number of benzene rings is 1. The van der Waals surface area contributed by atoms with Gasteiger partial charge in [0.1, 0.15) is 11.5 Å². The van der Waals surface area contributed by atoms with Crippen molar-refractivity contribution in [1.29, 1.82) is 0 Å². The molecule has 0 radical (unpaired) electrons. The second kappa shape index (κ2) is 19.7. The quantitative estimate of drug-likeness (QED) is 0.135. The predicted octanol–water partition coefficient (Wildman–Crippen LogP) is 7.17. The Bertz CT molecular complexity index is 583. The van der Waals surface area contributed by atoms with E-state index in [4.69, 9.17) is 9.47 Å². The highest BCUT2D eigenvalue weighted by atomic mass is 79.9. The molecule has 0 bridgehead atoms. The van der Waals surface area contributed by atoms with E-state index in [1.807, 2.05) is 0 Å². The van der Waals surface area contributed by atoms with Crippen molar-refractivity contribution in [3.05, 3.63) is 16.6 Å². The predicted molar refractivity (Wildman–Crippen MR) is 140 cm³/mol. The molecule has 1 aromatic carbocycles. The van der Waals surface area contributed by atoms with Crippen molar-refractivity contribution in [1.82, 2.24) is 0 Å². The number of unbranched alkanes of at least 4 members (excludes halogenated alkanes) is 14. The molecular weight excluding hydrogens is 467 g/mol. The Hall–Kier alpha value is -0.715. The first-order valence-electron chi connectivity index (χ1n) is 13.0. The van der Waals surface area contributed by atoms with Crippen molar-refractivity contribution in [3.63, 3.8) is 0 Å². The van der Waals surface area contributed by atoms with Crippen molar-refractivity contribution in [2.45, 2.75) is 117 Å². The summed E-state index contributed by atoms with van der Waals surface area (Å²) in [6.45, 7) is 5.70. The van der Waals surface area contributed by atoms with Gasteiger partial charge in [-0.15, -0.1) is 0 Å². The third kappa shape index (κ3) is 13.7. The number of ether oxygens (including phenoxy) is 2. The maximum absolute atomic E-state index is 9.80. The number of hydrogen-bond donors (Lipinski definition) is 2. The molecule has 4 nitrogen and oxygen atoms in total. The molecule has 2 N–H and O–H groups in total. The molecule has 0 aliphatic carbocycles. The van der Waals surface area contributed by atoms with Gasteiger partial charge in [0.05, 0.1) is 17.7 Å². The summed E-state index contributed by atoms with van der Waals surface area (Å²) in [6, 6.07) is 3.48. The van der Waals surface area contributed by atoms with Gasteiger partial charge in [0.15, 0.2) is 0 Å². The third-order valence-electron chi connectivity index (χ3n) is 5.85. The second-order valence-corrected chi connectivity index (χ2v) is 9.70. The first-order chi connectivity index (χ1) is 15.6. The Morgan fingerprint density at radius 3 is 1.47 bits per heavy atom. The summed E-state index contributed by atoms with van der Waals surface area (Å²) in [5.41, 5.74) is 0.360. The first-order valence-corrected chi connectivity index (χ1v) is 13.8. The molecule has 0 atom stereocenters. The average Bonchev–Trinajstić information content (AvgIpc) is 2.77. The highest BCUT2D eigenvalue weighted by Crippen LogP contribution is 2.29. The molecule has 0 spiro atoms. The second-order valence-electron chi connectivity index (χ2n) is 8.84. The molecule has 0 saturated carbocycles. The van der Waals surface area contributed by atoms with Crippen LogP contribution in [0.25, 0.3) is 0 Å². The summed E-state index contributed by atoms with van der Waals surface area (Å²) >= 11 is 3.54. The van der Waals surface area contributed by atoms with Gasteiger partial charge in [-0.05, 0) is 40.9 Å². The molecule has 1 rings (SSSR count). The van der Waals surface area contributed by atoms with E-state index in [2.05, 4.69) is 29.8 Å². The van der Waals surface area contributed by atoms with Gasteiger partial charge in [-0.1, -0.05) is 104 Å². The van der Waals surface area contributed by atoms with E-state index >= 15 is 0 Å². The van der Waals surface area contributed by atoms with Crippen LogP contribution in [0.4, 0.5) is 0 Å². The van der Waals surface area contributed by atoms with Crippen LogP contribution in [0.2, 0.25) is 0 Å². The van der Waals surface area contributed by atoms with Crippen LogP contribution in [-0.2, 0) is 0 Å². The Kier molecular flexibility index (Phi) is 18.1. The lowest BCUT2D eigenvalue weighted by atomic mass is 9.79. The van der Waals surface area contributed by atoms with Gasteiger partial charge in [0.2, 0.25) is 0 Å². The normalized spacial score (nSPS) is 11.0. The summed E-state index contributed by atoms with van der Waals surface area (Å²) in [7, 11) is -1.58. The highest BCUT2D eigenvalue weighted by Gasteiger charge is 2.20. The minimum Gasteiger partial charge on any atom is -0.494 e. The molecule has 0 amide bonds. The molecule has 0 saturated heterocycles. The standard InChI is InChI=1S/C26H46BBrO4/c1-3-5-7-9-11-13-15-17-19-31-25-22-24(28)26(21-23(25)27(29)30)32-20-18-16-14-12-10-8-6-4-2/h21-22,29-30H,3-20H2,1-2H3. The maximum Gasteiger partial charge on any atom is 0.492 e. The van der Waals surface area contributed by atoms with Crippen molar-refractivity contribution < 1.29 is 19.5 Å². The van der Waals surface area contributed by atoms with E-state index in [1.165, 1.54) is 83.5 Å². The molecule has 0 heterocycles. The van der Waals surface area contributed by atoms with E-state index in [1.54, 1.807) is 12.1 Å². The van der Waals surface area contributed by atoms with E-state index in [-0.39, 0.29) is 0 Å². The van der Waals surface area contributed by atoms with Crippen molar-refractivity contribution in [2.24, 2.45) is 0 Å². The van der Waals surface area contributed by atoms with Crippen LogP contribution in [0, 0.1) is 0 Å². The topological polar surface area (TPSA) is 58.9 Å². The van der Waals surface area contributed by atoms with Gasteiger partial charge in [-0.3, -0.25) is 0 Å². The molecule has 32 heavy (non-hydrogen) atoms. The lowest BCUT2D eigenvalue weighted by Gasteiger charge is -2.15. The fourth-order valence-electron chi connectivity index (χ4n) is 3.82. The number of rotatable bonds is 21. The molecule has 184 valence electrons. The van der Waals surface area contributed by atoms with Gasteiger partial charge in [-0.2, -0.15) is 0 Å². The summed E-state index contributed by atoms with van der Waals surface area (Å²) in [4.78, 5) is 0. The zero-order chi connectivity index (χ0) is 23.4. The molecule has 0 fully saturated rings. The summed E-state index contributed by atoms with van der Waals surface area (Å²) in [6.07, 6.45) is 20.0. The van der Waals surface area contributed by atoms with Crippen LogP contribution >= 0.6 is 15.9 Å². The van der Waals surface area contributed by atoms with Gasteiger partial charge < -0.3 is 19.5 Å². The van der Waals surface area contributed by atoms with Crippen LogP contribution in [0.1, 0.15) is 117 Å². The van der Waals surface area contributed by atoms with E-state index < -0.39 is 7.12 Å². The Morgan fingerprint density at radius 1 is 0.625 bits per heavy atom. The van der Waals surface area contributed by atoms with E-state index in [0.717, 1.165) is 23.7 Å². The van der Waals surface area contributed by atoms with Crippen molar-refractivity contribution >= 4 is 28.5 Å². The fourth-order valence-corrected chi connectivity index (χ4v) is 4.26. The monoisotopic (exact) mass is 512 g/mol. The molecular formula is C26H46BBrO4. The third-order valence-corrected chi connectivity index (χ3v) is 6.47. The van der Waals surface area contributed by atoms with Crippen LogP contribution in [0.15, 0.2) is 16.6 Å². The first kappa shape index (κ1) is 29.3. The molecule has 1 aromatic rings. The minimum atomic E-state index is -1.58. The lowest BCUT2D eigenvalue weighted by molar-refractivity contribution is 0.295. The zero-order valence-corrected chi connectivity index (χ0v) is 22.1. The summed E-state index contributed by atoms with van der Waals surface area (Å²) in [5.74, 6) is 1.14. The smallest absolute Gasteiger partial charge is 0.492 e. The average molecular weight is 513 g/mol. The molecule has 6 heteroatoms. The Balaban J connectivity index is 2.33. The molecule has 0 aliphatic rings. The van der Waals surface area contributed by atoms with E-state index in [0.29, 0.717) is 30.2 Å².